The quantitative estimate of drug-likeness (QED) is 0.864. The van der Waals surface area contributed by atoms with Crippen LogP contribution in [0.3, 0.4) is 0 Å². The van der Waals surface area contributed by atoms with Crippen molar-refractivity contribution in [1.29, 1.82) is 0 Å². The highest BCUT2D eigenvalue weighted by Gasteiger charge is 2.25. The molecule has 0 atom stereocenters. The van der Waals surface area contributed by atoms with Crippen molar-refractivity contribution in [3.05, 3.63) is 24.7 Å². The highest BCUT2D eigenvalue weighted by atomic mass is 32.2. The lowest BCUT2D eigenvalue weighted by Crippen LogP contribution is -2.32. The molecule has 7 nitrogen and oxygen atoms in total. The summed E-state index contributed by atoms with van der Waals surface area (Å²) in [7, 11) is -1.64. The average Bonchev–Trinajstić information content (AvgIpc) is 2.99. The van der Waals surface area contributed by atoms with Gasteiger partial charge in [0, 0.05) is 12.2 Å². The van der Waals surface area contributed by atoms with Crippen molar-refractivity contribution < 1.29 is 8.42 Å². The number of hydrogen-bond donors (Lipinski definition) is 2. The van der Waals surface area contributed by atoms with Crippen molar-refractivity contribution >= 4 is 21.4 Å². The lowest BCUT2D eigenvalue weighted by Gasteiger charge is -2.29. The molecule has 1 saturated carbocycles. The van der Waals surface area contributed by atoms with E-state index in [9.17, 15) is 8.42 Å². The Balaban J connectivity index is 1.59. The van der Waals surface area contributed by atoms with Gasteiger partial charge in [-0.25, -0.2) is 22.6 Å². The van der Waals surface area contributed by atoms with Crippen LogP contribution in [0, 0.1) is 5.92 Å². The van der Waals surface area contributed by atoms with Gasteiger partial charge in [0.1, 0.15) is 11.8 Å². The molecule has 2 N–H and O–H groups in total. The van der Waals surface area contributed by atoms with Crippen molar-refractivity contribution in [3.8, 4) is 0 Å². The van der Waals surface area contributed by atoms with Crippen LogP contribution in [0.2, 0.25) is 0 Å². The third-order valence-electron chi connectivity index (χ3n) is 4.29. The van der Waals surface area contributed by atoms with Crippen molar-refractivity contribution in [1.82, 2.24) is 19.3 Å². The van der Waals surface area contributed by atoms with Crippen LogP contribution in [0.5, 0.6) is 0 Å². The molecule has 0 spiro atoms. The zero-order valence-corrected chi connectivity index (χ0v) is 13.4. The Kier molecular flexibility index (Phi) is 4.30. The van der Waals surface area contributed by atoms with Crippen molar-refractivity contribution in [2.75, 3.05) is 18.1 Å². The van der Waals surface area contributed by atoms with Gasteiger partial charge in [0.25, 0.3) is 0 Å². The largest absolute Gasteiger partial charge is 0.365 e. The molecule has 8 heteroatoms. The van der Waals surface area contributed by atoms with Gasteiger partial charge in [-0.1, -0.05) is 0 Å². The molecule has 0 aliphatic heterocycles. The van der Waals surface area contributed by atoms with Gasteiger partial charge < -0.3 is 5.32 Å². The molecule has 120 valence electrons. The van der Waals surface area contributed by atoms with Crippen LogP contribution in [-0.2, 0) is 10.0 Å². The number of nitrogens with one attached hydrogen (secondary N) is 2. The van der Waals surface area contributed by atoms with Crippen LogP contribution in [0.1, 0.15) is 25.7 Å². The van der Waals surface area contributed by atoms with Crippen LogP contribution < -0.4 is 10.0 Å². The fourth-order valence-corrected chi connectivity index (χ4v) is 4.16. The number of rotatable bonds is 5. The Morgan fingerprint density at radius 2 is 2.09 bits per heavy atom. The Morgan fingerprint density at radius 1 is 1.32 bits per heavy atom. The summed E-state index contributed by atoms with van der Waals surface area (Å²) in [5, 5.41) is 7.62. The molecule has 0 bridgehead atoms. The molecule has 0 unspecified atom stereocenters. The molecular formula is C14H21N5O2S. The molecule has 0 amide bonds. The van der Waals surface area contributed by atoms with Crippen LogP contribution in [-0.4, -0.2) is 41.9 Å². The van der Waals surface area contributed by atoms with Gasteiger partial charge in [-0.05, 0) is 50.8 Å². The zero-order valence-electron chi connectivity index (χ0n) is 12.6. The number of nitrogens with zero attached hydrogens (tertiary/aromatic N) is 3. The summed E-state index contributed by atoms with van der Waals surface area (Å²) in [6.45, 7) is 0. The van der Waals surface area contributed by atoms with E-state index in [1.807, 2.05) is 18.3 Å². The first-order valence-corrected chi connectivity index (χ1v) is 9.19. The number of hydrogen-bond acceptors (Lipinski definition) is 5. The van der Waals surface area contributed by atoms with Crippen molar-refractivity contribution in [2.24, 2.45) is 5.92 Å². The minimum Gasteiger partial charge on any atom is -0.365 e. The van der Waals surface area contributed by atoms with Gasteiger partial charge in [0.2, 0.25) is 10.0 Å². The maximum absolute atomic E-state index is 11.6. The first-order chi connectivity index (χ1) is 10.6. The van der Waals surface area contributed by atoms with E-state index in [0.717, 1.165) is 37.0 Å². The fraction of sp³-hybridized carbons (Fsp3) is 0.571. The Hall–Kier alpha value is -1.67. The molecule has 2 aromatic heterocycles. The van der Waals surface area contributed by atoms with Crippen LogP contribution in [0.4, 0.5) is 5.82 Å². The van der Waals surface area contributed by atoms with Crippen molar-refractivity contribution in [2.45, 2.75) is 31.7 Å². The molecule has 1 fully saturated rings. The summed E-state index contributed by atoms with van der Waals surface area (Å²) in [6, 6.07) is 4.25. The van der Waals surface area contributed by atoms with Gasteiger partial charge in [-0.15, -0.1) is 0 Å². The smallest absolute Gasteiger partial charge is 0.211 e. The standard InChI is InChI=1S/C14H21N5O2S/c1-15-22(20,21)9-11-4-6-12(7-5-11)18-14-13-3-2-8-19(13)17-10-16-14/h2-3,8,10-12,15H,4-7,9H2,1H3,(H,16,17,18). The number of fused-ring (bicyclic) bond motifs is 1. The Morgan fingerprint density at radius 3 is 2.82 bits per heavy atom. The van der Waals surface area contributed by atoms with Gasteiger partial charge in [0.15, 0.2) is 5.82 Å². The van der Waals surface area contributed by atoms with Gasteiger partial charge >= 0.3 is 0 Å². The van der Waals surface area contributed by atoms with Crippen LogP contribution >= 0.6 is 0 Å². The second kappa shape index (κ2) is 6.21. The van der Waals surface area contributed by atoms with E-state index in [4.69, 9.17) is 0 Å². The molecule has 2 aromatic rings. The van der Waals surface area contributed by atoms with Gasteiger partial charge in [-0.2, -0.15) is 5.10 Å². The Bertz CT molecular complexity index is 735. The van der Waals surface area contributed by atoms with Gasteiger partial charge in [0.05, 0.1) is 5.75 Å². The highest BCUT2D eigenvalue weighted by molar-refractivity contribution is 7.89. The number of anilines is 1. The van der Waals surface area contributed by atoms with Gasteiger partial charge in [-0.3, -0.25) is 0 Å². The SMILES string of the molecule is CNS(=O)(=O)CC1CCC(Nc2ncnn3cccc23)CC1. The van der Waals surface area contributed by atoms with E-state index in [1.54, 1.807) is 10.8 Å². The molecule has 0 saturated heterocycles. The molecule has 1 aliphatic rings. The summed E-state index contributed by atoms with van der Waals surface area (Å²) >= 11 is 0. The lowest BCUT2D eigenvalue weighted by atomic mass is 9.87. The number of aromatic nitrogens is 3. The molecule has 22 heavy (non-hydrogen) atoms. The first-order valence-electron chi connectivity index (χ1n) is 7.53. The number of sulfonamides is 1. The van der Waals surface area contributed by atoms with Crippen LogP contribution in [0.15, 0.2) is 24.7 Å². The minimum absolute atomic E-state index is 0.229. The third kappa shape index (κ3) is 3.38. The summed E-state index contributed by atoms with van der Waals surface area (Å²) in [5.41, 5.74) is 0.961. The molecule has 2 heterocycles. The van der Waals surface area contributed by atoms with E-state index in [2.05, 4.69) is 20.1 Å². The van der Waals surface area contributed by atoms with Crippen LogP contribution in [0.25, 0.3) is 5.52 Å². The average molecular weight is 323 g/mol. The second-order valence-corrected chi connectivity index (χ2v) is 7.77. The van der Waals surface area contributed by atoms with E-state index in [0.29, 0.717) is 6.04 Å². The van der Waals surface area contributed by atoms with E-state index >= 15 is 0 Å². The van der Waals surface area contributed by atoms with E-state index in [1.165, 1.54) is 7.05 Å². The molecule has 0 aromatic carbocycles. The van der Waals surface area contributed by atoms with E-state index in [-0.39, 0.29) is 11.7 Å². The molecule has 1 aliphatic carbocycles. The topological polar surface area (TPSA) is 88.4 Å². The summed E-state index contributed by atoms with van der Waals surface area (Å²) in [6.07, 6.45) is 7.19. The predicted octanol–water partition coefficient (Wildman–Crippen LogP) is 1.25. The molecule has 3 rings (SSSR count). The first kappa shape index (κ1) is 15.2. The maximum atomic E-state index is 11.6. The lowest BCUT2D eigenvalue weighted by molar-refractivity contribution is 0.360. The zero-order chi connectivity index (χ0) is 15.6. The maximum Gasteiger partial charge on any atom is 0.211 e. The minimum atomic E-state index is -3.11. The van der Waals surface area contributed by atoms with E-state index < -0.39 is 10.0 Å². The summed E-state index contributed by atoms with van der Waals surface area (Å²) < 4.78 is 27.4. The second-order valence-electron chi connectivity index (χ2n) is 5.79. The summed E-state index contributed by atoms with van der Waals surface area (Å²) in [4.78, 5) is 4.32. The Labute approximate surface area is 130 Å². The molecular weight excluding hydrogens is 302 g/mol. The summed E-state index contributed by atoms with van der Waals surface area (Å²) in [5.74, 6) is 1.31. The normalized spacial score (nSPS) is 22.8. The predicted molar refractivity (Wildman–Crippen MR) is 85.2 cm³/mol. The fourth-order valence-electron chi connectivity index (χ4n) is 3.04. The molecule has 0 radical (unpaired) electrons. The highest BCUT2D eigenvalue weighted by Crippen LogP contribution is 2.28. The van der Waals surface area contributed by atoms with Crippen molar-refractivity contribution in [3.63, 3.8) is 0 Å². The monoisotopic (exact) mass is 323 g/mol. The third-order valence-corrected chi connectivity index (χ3v) is 5.82.